The highest BCUT2D eigenvalue weighted by Gasteiger charge is 2.30. The fourth-order valence-corrected chi connectivity index (χ4v) is 4.37. The van der Waals surface area contributed by atoms with Gasteiger partial charge in [0.1, 0.15) is 12.6 Å². The van der Waals surface area contributed by atoms with Gasteiger partial charge in [-0.25, -0.2) is 4.79 Å². The number of carbonyl (C=O) groups excluding carboxylic acids is 2. The molecule has 0 unspecified atom stereocenters. The first-order valence-electron chi connectivity index (χ1n) is 11.7. The predicted molar refractivity (Wildman–Crippen MR) is 134 cm³/mol. The Morgan fingerprint density at radius 2 is 1.54 bits per heavy atom. The van der Waals surface area contributed by atoms with E-state index in [0.29, 0.717) is 5.56 Å². The highest BCUT2D eigenvalue weighted by Crippen LogP contribution is 2.44. The number of rotatable bonds is 10. The number of ether oxygens (including phenoxy) is 1. The number of hydrogen-bond acceptors (Lipinski definition) is 6. The number of amides is 2. The van der Waals surface area contributed by atoms with E-state index in [1.807, 2.05) is 48.5 Å². The first kappa shape index (κ1) is 25.4. The minimum atomic E-state index is -1.13. The lowest BCUT2D eigenvalue weighted by Crippen LogP contribution is -2.47. The molecule has 0 bridgehead atoms. The summed E-state index contributed by atoms with van der Waals surface area (Å²) < 4.78 is 5.48. The van der Waals surface area contributed by atoms with Gasteiger partial charge in [0.05, 0.1) is 4.92 Å². The van der Waals surface area contributed by atoms with Crippen LogP contribution in [0.1, 0.15) is 35.4 Å². The van der Waals surface area contributed by atoms with Crippen molar-refractivity contribution in [2.24, 2.45) is 0 Å². The van der Waals surface area contributed by atoms with Gasteiger partial charge in [0, 0.05) is 31.0 Å². The van der Waals surface area contributed by atoms with Crippen LogP contribution in [0.4, 0.5) is 10.5 Å². The summed E-state index contributed by atoms with van der Waals surface area (Å²) >= 11 is 0. The van der Waals surface area contributed by atoms with E-state index in [9.17, 15) is 24.5 Å². The first-order chi connectivity index (χ1) is 17.8. The van der Waals surface area contributed by atoms with E-state index >= 15 is 0 Å². The molecule has 3 N–H and O–H groups in total. The SMILES string of the molecule is O=C(O)CC[C@H](NC(=O)OCC1c2ccccc2-c2ccccc21)C(=O)NCc1ccc([N+](=O)[O-])cc1. The highest BCUT2D eigenvalue weighted by atomic mass is 16.6. The largest absolute Gasteiger partial charge is 0.481 e. The molecule has 2 amide bonds. The summed E-state index contributed by atoms with van der Waals surface area (Å²) in [4.78, 5) is 46.7. The van der Waals surface area contributed by atoms with Crippen LogP contribution in [0.3, 0.4) is 0 Å². The van der Waals surface area contributed by atoms with Gasteiger partial charge in [-0.1, -0.05) is 60.7 Å². The third-order valence-electron chi connectivity index (χ3n) is 6.21. The zero-order chi connectivity index (χ0) is 26.4. The maximum atomic E-state index is 12.7. The number of carbonyl (C=O) groups is 3. The number of carboxylic acids is 1. The molecule has 3 aromatic carbocycles. The lowest BCUT2D eigenvalue weighted by molar-refractivity contribution is -0.384. The molecule has 10 heteroatoms. The molecule has 1 aliphatic carbocycles. The van der Waals surface area contributed by atoms with E-state index < -0.39 is 28.9 Å². The third kappa shape index (κ3) is 6.10. The van der Waals surface area contributed by atoms with Crippen LogP contribution in [0.15, 0.2) is 72.8 Å². The number of nitro groups is 1. The summed E-state index contributed by atoms with van der Waals surface area (Å²) in [7, 11) is 0. The van der Waals surface area contributed by atoms with E-state index in [2.05, 4.69) is 10.6 Å². The van der Waals surface area contributed by atoms with Crippen molar-refractivity contribution in [1.29, 1.82) is 0 Å². The van der Waals surface area contributed by atoms with Crippen LogP contribution in [0, 0.1) is 10.1 Å². The number of benzene rings is 3. The van der Waals surface area contributed by atoms with Crippen LogP contribution in [-0.2, 0) is 20.9 Å². The van der Waals surface area contributed by atoms with Crippen LogP contribution < -0.4 is 10.6 Å². The molecule has 0 radical (unpaired) electrons. The van der Waals surface area contributed by atoms with Gasteiger partial charge in [0.2, 0.25) is 5.91 Å². The smallest absolute Gasteiger partial charge is 0.407 e. The number of fused-ring (bicyclic) bond motifs is 3. The molecule has 10 nitrogen and oxygen atoms in total. The molecule has 3 aromatic rings. The average Bonchev–Trinajstić information content (AvgIpc) is 3.22. The molecule has 0 spiro atoms. The zero-order valence-corrected chi connectivity index (χ0v) is 19.8. The van der Waals surface area contributed by atoms with Gasteiger partial charge in [-0.3, -0.25) is 19.7 Å². The molecule has 0 saturated heterocycles. The standard InChI is InChI=1S/C27H25N3O7/c31-25(32)14-13-24(26(33)28-15-17-9-11-18(12-10-17)30(35)36)29-27(34)37-16-23-21-7-3-1-5-19(21)20-6-2-4-8-22(20)23/h1-12,23-24H,13-16H2,(H,28,33)(H,29,34)(H,31,32)/t24-/m0/s1. The van der Waals surface area contributed by atoms with Crippen LogP contribution in [0.2, 0.25) is 0 Å². The summed E-state index contributed by atoms with van der Waals surface area (Å²) in [5.41, 5.74) is 4.78. The summed E-state index contributed by atoms with van der Waals surface area (Å²) in [6.07, 6.45) is -1.30. The van der Waals surface area contributed by atoms with Crippen molar-refractivity contribution in [3.8, 4) is 11.1 Å². The number of non-ortho nitro benzene ring substituents is 1. The molecule has 0 saturated carbocycles. The maximum absolute atomic E-state index is 12.7. The lowest BCUT2D eigenvalue weighted by Gasteiger charge is -2.19. The van der Waals surface area contributed by atoms with Gasteiger partial charge in [-0.15, -0.1) is 0 Å². The molecule has 0 aromatic heterocycles. The molecule has 0 fully saturated rings. The van der Waals surface area contributed by atoms with Crippen molar-refractivity contribution in [2.75, 3.05) is 6.61 Å². The molecule has 1 aliphatic rings. The van der Waals surface area contributed by atoms with E-state index in [1.54, 1.807) is 0 Å². The fraction of sp³-hybridized carbons (Fsp3) is 0.222. The monoisotopic (exact) mass is 503 g/mol. The van der Waals surface area contributed by atoms with Crippen molar-refractivity contribution in [3.05, 3.63) is 99.6 Å². The van der Waals surface area contributed by atoms with Crippen molar-refractivity contribution >= 4 is 23.7 Å². The average molecular weight is 504 g/mol. The van der Waals surface area contributed by atoms with Crippen molar-refractivity contribution in [3.63, 3.8) is 0 Å². The minimum Gasteiger partial charge on any atom is -0.481 e. The Morgan fingerprint density at radius 3 is 2.11 bits per heavy atom. The van der Waals surface area contributed by atoms with Gasteiger partial charge in [0.25, 0.3) is 5.69 Å². The maximum Gasteiger partial charge on any atom is 0.407 e. The van der Waals surface area contributed by atoms with Crippen LogP contribution in [0.25, 0.3) is 11.1 Å². The first-order valence-corrected chi connectivity index (χ1v) is 11.7. The van der Waals surface area contributed by atoms with Gasteiger partial charge in [-0.2, -0.15) is 0 Å². The Hall–Kier alpha value is -4.73. The number of aliphatic carboxylic acids is 1. The van der Waals surface area contributed by atoms with Crippen LogP contribution in [-0.4, -0.2) is 40.6 Å². The van der Waals surface area contributed by atoms with E-state index in [4.69, 9.17) is 9.84 Å². The van der Waals surface area contributed by atoms with E-state index in [-0.39, 0.29) is 37.6 Å². The molecule has 0 heterocycles. The number of hydrogen-bond donors (Lipinski definition) is 3. The molecular weight excluding hydrogens is 478 g/mol. The number of carboxylic acid groups (broad SMARTS) is 1. The summed E-state index contributed by atoms with van der Waals surface area (Å²) in [6, 6.07) is 20.3. The molecule has 0 aliphatic heterocycles. The second kappa shape index (κ2) is 11.3. The molecule has 1 atom stereocenters. The minimum absolute atomic E-state index is 0.0484. The Bertz CT molecular complexity index is 1280. The molecule has 4 rings (SSSR count). The van der Waals surface area contributed by atoms with Crippen LogP contribution >= 0.6 is 0 Å². The number of nitrogens with zero attached hydrogens (tertiary/aromatic N) is 1. The molecular formula is C27H25N3O7. The fourth-order valence-electron chi connectivity index (χ4n) is 4.37. The topological polar surface area (TPSA) is 148 Å². The zero-order valence-electron chi connectivity index (χ0n) is 19.8. The number of nitrogens with one attached hydrogen (secondary N) is 2. The highest BCUT2D eigenvalue weighted by molar-refractivity contribution is 5.86. The Morgan fingerprint density at radius 1 is 0.946 bits per heavy atom. The predicted octanol–water partition coefficient (Wildman–Crippen LogP) is 3.98. The Balaban J connectivity index is 1.37. The Labute approximate surface area is 212 Å². The van der Waals surface area contributed by atoms with Gasteiger partial charge in [0.15, 0.2) is 0 Å². The van der Waals surface area contributed by atoms with Gasteiger partial charge >= 0.3 is 12.1 Å². The van der Waals surface area contributed by atoms with Crippen molar-refractivity contribution in [2.45, 2.75) is 31.3 Å². The lowest BCUT2D eigenvalue weighted by atomic mass is 9.98. The molecule has 37 heavy (non-hydrogen) atoms. The third-order valence-corrected chi connectivity index (χ3v) is 6.21. The van der Waals surface area contributed by atoms with Gasteiger partial charge in [-0.05, 0) is 34.2 Å². The second-order valence-corrected chi connectivity index (χ2v) is 8.60. The normalized spacial score (nSPS) is 12.6. The van der Waals surface area contributed by atoms with E-state index in [0.717, 1.165) is 22.3 Å². The number of alkyl carbamates (subject to hydrolysis) is 1. The molecule has 190 valence electrons. The van der Waals surface area contributed by atoms with Crippen molar-refractivity contribution < 1.29 is 29.2 Å². The van der Waals surface area contributed by atoms with Crippen molar-refractivity contribution in [1.82, 2.24) is 10.6 Å². The van der Waals surface area contributed by atoms with Gasteiger partial charge < -0.3 is 20.5 Å². The van der Waals surface area contributed by atoms with Crippen LogP contribution in [0.5, 0.6) is 0 Å². The number of nitro benzene ring substituents is 1. The quantitative estimate of drug-likeness (QED) is 0.280. The Kier molecular flexibility index (Phi) is 7.77. The summed E-state index contributed by atoms with van der Waals surface area (Å²) in [5.74, 6) is -1.86. The summed E-state index contributed by atoms with van der Waals surface area (Å²) in [6.45, 7) is 0.0999. The second-order valence-electron chi connectivity index (χ2n) is 8.60. The van der Waals surface area contributed by atoms with E-state index in [1.165, 1.54) is 24.3 Å². The summed E-state index contributed by atoms with van der Waals surface area (Å²) in [5, 5.41) is 25.0.